The van der Waals surface area contributed by atoms with Crippen LogP contribution in [0.5, 0.6) is 0 Å². The van der Waals surface area contributed by atoms with Crippen molar-refractivity contribution in [1.82, 2.24) is 5.32 Å². The topological polar surface area (TPSA) is 68.7 Å². The number of allylic oxidation sites excluding steroid dienone is 4. The highest BCUT2D eigenvalue weighted by molar-refractivity contribution is 5.89. The average Bonchev–Trinajstić information content (AvgIpc) is 2.47. The van der Waals surface area contributed by atoms with Gasteiger partial charge in [0.05, 0.1) is 6.10 Å². The van der Waals surface area contributed by atoms with Crippen LogP contribution in [0.15, 0.2) is 35.7 Å². The van der Waals surface area contributed by atoms with Gasteiger partial charge in [-0.15, -0.1) is 0 Å². The summed E-state index contributed by atoms with van der Waals surface area (Å²) in [5.74, 6) is 0.415. The molecule has 1 saturated carbocycles. The number of rotatable bonds is 6. The zero-order valence-electron chi connectivity index (χ0n) is 12.0. The number of aliphatic hydroxyl groups excluding tert-OH is 1. The summed E-state index contributed by atoms with van der Waals surface area (Å²) in [6.45, 7) is 5.50. The summed E-state index contributed by atoms with van der Waals surface area (Å²) in [4.78, 5) is 0. The first-order valence-electron chi connectivity index (χ1n) is 6.78. The number of hydrogen-bond acceptors (Lipinski definition) is 2. The fourth-order valence-corrected chi connectivity index (χ4v) is 2.38. The zero-order chi connectivity index (χ0) is 15.1. The van der Waals surface area contributed by atoms with Gasteiger partial charge in [-0.1, -0.05) is 38.0 Å². The van der Waals surface area contributed by atoms with Gasteiger partial charge in [-0.3, -0.25) is 0 Å². The maximum atomic E-state index is 13.5. The first-order valence-corrected chi connectivity index (χ1v) is 6.78. The van der Waals surface area contributed by atoms with E-state index >= 15 is 0 Å². The quantitative estimate of drug-likeness (QED) is 0.580. The lowest BCUT2D eigenvalue weighted by molar-refractivity contribution is 0.0198. The minimum atomic E-state index is -1.22. The largest absolute Gasteiger partial charge is 0.810 e. The number of hydrogen-bond donors (Lipinski definition) is 2. The van der Waals surface area contributed by atoms with Gasteiger partial charge >= 0.3 is 0 Å². The first kappa shape index (κ1) is 16.4. The van der Waals surface area contributed by atoms with Crippen LogP contribution in [0.1, 0.15) is 26.2 Å². The van der Waals surface area contributed by atoms with E-state index in [1.807, 2.05) is 6.92 Å². The molecule has 0 aromatic rings. The van der Waals surface area contributed by atoms with Crippen molar-refractivity contribution in [2.75, 3.05) is 7.05 Å². The lowest BCUT2D eigenvalue weighted by atomic mass is 9.91. The molecule has 1 rings (SSSR count). The third-order valence-electron chi connectivity index (χ3n) is 3.55. The van der Waals surface area contributed by atoms with E-state index in [9.17, 15) is 14.9 Å². The van der Waals surface area contributed by atoms with Crippen LogP contribution in [0.3, 0.4) is 0 Å². The molecule has 112 valence electrons. The first-order chi connectivity index (χ1) is 9.58. The van der Waals surface area contributed by atoms with E-state index in [4.69, 9.17) is 0 Å². The van der Waals surface area contributed by atoms with Crippen molar-refractivity contribution in [3.05, 3.63) is 46.4 Å². The Morgan fingerprint density at radius 2 is 2.20 bits per heavy atom. The van der Waals surface area contributed by atoms with Crippen LogP contribution in [0.25, 0.3) is 10.7 Å². The molecule has 1 unspecified atom stereocenters. The molecule has 0 aromatic heterocycles. The van der Waals surface area contributed by atoms with Crippen molar-refractivity contribution in [2.24, 2.45) is 0 Å². The highest BCUT2D eigenvalue weighted by Crippen LogP contribution is 2.24. The number of nitrogens with zero attached hydrogens (tertiary/aromatic N) is 2. The fraction of sp³-hybridized carbons (Fsp3) is 0.533. The second-order valence-corrected chi connectivity index (χ2v) is 4.75. The van der Waals surface area contributed by atoms with Gasteiger partial charge < -0.3 is 21.1 Å². The third kappa shape index (κ3) is 3.70. The van der Waals surface area contributed by atoms with Gasteiger partial charge in [-0.2, -0.15) is 6.21 Å². The Bertz CT molecular complexity index is 417. The van der Waals surface area contributed by atoms with Gasteiger partial charge in [0.2, 0.25) is 0 Å². The van der Waals surface area contributed by atoms with E-state index in [-0.39, 0.29) is 0 Å². The van der Waals surface area contributed by atoms with E-state index in [2.05, 4.69) is 17.2 Å². The molecule has 1 fully saturated rings. The predicted molar refractivity (Wildman–Crippen MR) is 81.4 cm³/mol. The summed E-state index contributed by atoms with van der Waals surface area (Å²) < 4.78 is 13.5. The summed E-state index contributed by atoms with van der Waals surface area (Å²) in [6, 6.07) is -0.407. The van der Waals surface area contributed by atoms with Crippen LogP contribution in [-0.4, -0.2) is 36.7 Å². The van der Waals surface area contributed by atoms with Crippen molar-refractivity contribution >= 4 is 6.21 Å². The number of halogens is 1. The average molecular weight is 279 g/mol. The van der Waals surface area contributed by atoms with E-state index in [1.165, 1.54) is 0 Å². The second-order valence-electron chi connectivity index (χ2n) is 4.75. The van der Waals surface area contributed by atoms with Gasteiger partial charge in [0, 0.05) is 0 Å². The van der Waals surface area contributed by atoms with E-state index in [0.29, 0.717) is 36.2 Å². The van der Waals surface area contributed by atoms with Crippen molar-refractivity contribution in [1.29, 1.82) is 0 Å². The van der Waals surface area contributed by atoms with E-state index in [1.54, 1.807) is 19.2 Å². The smallest absolute Gasteiger partial charge is 0.126 e. The Morgan fingerprint density at radius 3 is 2.70 bits per heavy atom. The van der Waals surface area contributed by atoms with E-state index < -0.39 is 18.3 Å². The lowest BCUT2D eigenvalue weighted by Gasteiger charge is -2.38. The molecular weight excluding hydrogens is 257 g/mol. The Balaban J connectivity index is 2.99. The summed E-state index contributed by atoms with van der Waals surface area (Å²) in [5, 5.41) is 26.4. The maximum absolute atomic E-state index is 13.5. The molecule has 4 nitrogen and oxygen atoms in total. The van der Waals surface area contributed by atoms with Crippen LogP contribution >= 0.6 is 0 Å². The Hall–Kier alpha value is -1.62. The van der Waals surface area contributed by atoms with Crippen LogP contribution in [0.4, 0.5) is 4.39 Å². The minimum Gasteiger partial charge on any atom is -0.810 e. The van der Waals surface area contributed by atoms with Crippen LogP contribution in [0, 0.1) is 0 Å². The predicted octanol–water partition coefficient (Wildman–Crippen LogP) is 2.82. The molecule has 0 aromatic carbocycles. The van der Waals surface area contributed by atoms with Gasteiger partial charge in [-0.05, 0) is 37.0 Å². The number of alkyl halides is 1. The molecule has 0 bridgehead atoms. The van der Waals surface area contributed by atoms with Crippen molar-refractivity contribution in [2.45, 2.75) is 44.5 Å². The number of aliphatic hydroxyl groups is 1. The molecule has 1 aliphatic rings. The normalized spacial score (nSPS) is 28.4. The maximum Gasteiger partial charge on any atom is 0.126 e. The molecule has 0 amide bonds. The summed E-state index contributed by atoms with van der Waals surface area (Å²) in [5.41, 5.74) is 1.18. The molecular formula is C15H22FN3O-2. The molecule has 0 saturated heterocycles. The summed E-state index contributed by atoms with van der Waals surface area (Å²) in [6.07, 6.45) is 3.81. The molecule has 2 N–H and O–H groups in total. The van der Waals surface area contributed by atoms with Crippen molar-refractivity contribution in [3.63, 3.8) is 0 Å². The van der Waals surface area contributed by atoms with Gasteiger partial charge in [0.1, 0.15) is 6.17 Å². The van der Waals surface area contributed by atoms with Gasteiger partial charge in [-0.25, -0.2) is 4.39 Å². The molecule has 0 heterocycles. The van der Waals surface area contributed by atoms with Crippen LogP contribution < -0.4 is 5.32 Å². The number of nitrogens with one attached hydrogen (secondary N) is 1. The van der Waals surface area contributed by atoms with Crippen molar-refractivity contribution in [3.8, 4) is 0 Å². The lowest BCUT2D eigenvalue weighted by Crippen LogP contribution is -2.47. The fourth-order valence-electron chi connectivity index (χ4n) is 2.38. The highest BCUT2D eigenvalue weighted by Gasteiger charge is 2.29. The third-order valence-corrected chi connectivity index (χ3v) is 3.55. The van der Waals surface area contributed by atoms with Gasteiger partial charge in [0.25, 0.3) is 0 Å². The van der Waals surface area contributed by atoms with Gasteiger partial charge in [0.15, 0.2) is 0 Å². The molecule has 5 heteroatoms. The molecule has 0 radical (unpaired) electrons. The second kappa shape index (κ2) is 7.85. The minimum absolute atomic E-state index is 0.382. The molecule has 0 spiro atoms. The van der Waals surface area contributed by atoms with E-state index in [0.717, 1.165) is 6.21 Å². The van der Waals surface area contributed by atoms with Crippen molar-refractivity contribution < 1.29 is 9.50 Å². The Kier molecular flexibility index (Phi) is 6.45. The summed E-state index contributed by atoms with van der Waals surface area (Å²) >= 11 is 0. The Labute approximate surface area is 120 Å². The van der Waals surface area contributed by atoms with Crippen LogP contribution in [0.2, 0.25) is 0 Å². The molecule has 3 atom stereocenters. The Morgan fingerprint density at radius 1 is 1.50 bits per heavy atom. The monoisotopic (exact) mass is 279 g/mol. The molecule has 0 aliphatic heterocycles. The summed E-state index contributed by atoms with van der Waals surface area (Å²) in [7, 11) is 1.57. The SMILES string of the molecule is C=CC(=C\C)/C(C=[N-])=C(/[N-]C)N[C@H]1CCCC(F)[C@H]1O. The molecule has 20 heavy (non-hydrogen) atoms. The highest BCUT2D eigenvalue weighted by atomic mass is 19.1. The zero-order valence-corrected chi connectivity index (χ0v) is 12.0. The standard InChI is InChI=1S/C15H22FN3O/c1-4-10(5-2)11(9-17)15(18-3)19-13-8-6-7-12(16)14(13)20/h4-5,9,12-14,19-20H,1,6-8H2,2-3H3/q-2/b10-5+,15-11-/t12?,13-,14+/m0/s1. The van der Waals surface area contributed by atoms with Crippen LogP contribution in [-0.2, 0) is 0 Å². The molecule has 1 aliphatic carbocycles.